The van der Waals surface area contributed by atoms with E-state index >= 15 is 0 Å². The molecule has 0 saturated heterocycles. The molecular formula is C16H24N6. The van der Waals surface area contributed by atoms with Gasteiger partial charge in [-0.25, -0.2) is 4.99 Å². The summed E-state index contributed by atoms with van der Waals surface area (Å²) in [6, 6.07) is 10.4. The van der Waals surface area contributed by atoms with Gasteiger partial charge in [-0.15, -0.1) is 10.2 Å². The molecule has 0 radical (unpaired) electrons. The SMILES string of the molecule is CCNC(=NCc1nnc(C)n1C)NCCc1ccccc1. The number of aryl methyl sites for hydroxylation is 1. The lowest BCUT2D eigenvalue weighted by atomic mass is 10.1. The molecule has 22 heavy (non-hydrogen) atoms. The number of aliphatic imine (C=N–C) groups is 1. The van der Waals surface area contributed by atoms with E-state index < -0.39 is 0 Å². The van der Waals surface area contributed by atoms with Crippen LogP contribution in [0.1, 0.15) is 24.1 Å². The second-order valence-corrected chi connectivity index (χ2v) is 5.08. The molecule has 0 bridgehead atoms. The Balaban J connectivity index is 1.88. The third-order valence-corrected chi connectivity index (χ3v) is 3.45. The number of nitrogens with one attached hydrogen (secondary N) is 2. The normalized spacial score (nSPS) is 11.5. The Bertz CT molecular complexity index is 602. The first-order chi connectivity index (χ1) is 10.7. The van der Waals surface area contributed by atoms with Crippen molar-refractivity contribution in [2.24, 2.45) is 12.0 Å². The van der Waals surface area contributed by atoms with Gasteiger partial charge in [-0.2, -0.15) is 0 Å². The lowest BCUT2D eigenvalue weighted by Crippen LogP contribution is -2.38. The van der Waals surface area contributed by atoms with Gasteiger partial charge in [-0.3, -0.25) is 0 Å². The summed E-state index contributed by atoms with van der Waals surface area (Å²) in [7, 11) is 1.95. The number of guanidine groups is 1. The van der Waals surface area contributed by atoms with Crippen LogP contribution in [0.25, 0.3) is 0 Å². The molecular weight excluding hydrogens is 276 g/mol. The van der Waals surface area contributed by atoms with Crippen molar-refractivity contribution in [3.05, 3.63) is 47.5 Å². The molecule has 0 fully saturated rings. The predicted molar refractivity (Wildman–Crippen MR) is 88.7 cm³/mol. The lowest BCUT2D eigenvalue weighted by molar-refractivity contribution is 0.753. The molecule has 118 valence electrons. The average Bonchev–Trinajstić information content (AvgIpc) is 2.85. The van der Waals surface area contributed by atoms with Crippen molar-refractivity contribution in [3.63, 3.8) is 0 Å². The maximum absolute atomic E-state index is 4.56. The molecule has 2 N–H and O–H groups in total. The minimum atomic E-state index is 0.512. The van der Waals surface area contributed by atoms with Crippen molar-refractivity contribution in [3.8, 4) is 0 Å². The van der Waals surface area contributed by atoms with Crippen LogP contribution in [0.15, 0.2) is 35.3 Å². The number of aromatic nitrogens is 3. The third-order valence-electron chi connectivity index (χ3n) is 3.45. The van der Waals surface area contributed by atoms with Gasteiger partial charge in [-0.05, 0) is 25.8 Å². The summed E-state index contributed by atoms with van der Waals surface area (Å²) in [4.78, 5) is 4.56. The molecule has 0 amide bonds. The van der Waals surface area contributed by atoms with Crippen LogP contribution in [0.5, 0.6) is 0 Å². The molecule has 0 atom stereocenters. The Kier molecular flexibility index (Phi) is 5.94. The summed E-state index contributed by atoms with van der Waals surface area (Å²) >= 11 is 0. The van der Waals surface area contributed by atoms with E-state index in [1.807, 2.05) is 24.6 Å². The zero-order chi connectivity index (χ0) is 15.8. The second-order valence-electron chi connectivity index (χ2n) is 5.08. The Labute approximate surface area is 131 Å². The quantitative estimate of drug-likeness (QED) is 0.625. The van der Waals surface area contributed by atoms with Gasteiger partial charge >= 0.3 is 0 Å². The second kappa shape index (κ2) is 8.17. The first-order valence-corrected chi connectivity index (χ1v) is 7.61. The predicted octanol–water partition coefficient (Wildman–Crippen LogP) is 1.42. The van der Waals surface area contributed by atoms with Crippen molar-refractivity contribution in [2.45, 2.75) is 26.8 Å². The maximum Gasteiger partial charge on any atom is 0.191 e. The molecule has 2 rings (SSSR count). The molecule has 1 aromatic heterocycles. The molecule has 0 aliphatic heterocycles. The molecule has 0 unspecified atom stereocenters. The van der Waals surface area contributed by atoms with Crippen molar-refractivity contribution in [1.82, 2.24) is 25.4 Å². The Morgan fingerprint density at radius 2 is 1.95 bits per heavy atom. The summed E-state index contributed by atoms with van der Waals surface area (Å²) in [5, 5.41) is 14.8. The van der Waals surface area contributed by atoms with Crippen molar-refractivity contribution in [1.29, 1.82) is 0 Å². The van der Waals surface area contributed by atoms with Crippen LogP contribution in [0.2, 0.25) is 0 Å². The van der Waals surface area contributed by atoms with E-state index in [-0.39, 0.29) is 0 Å². The molecule has 0 aliphatic rings. The minimum Gasteiger partial charge on any atom is -0.357 e. The Morgan fingerprint density at radius 3 is 2.59 bits per heavy atom. The summed E-state index contributed by atoms with van der Waals surface area (Å²) in [5.41, 5.74) is 1.31. The van der Waals surface area contributed by atoms with Gasteiger partial charge in [0.15, 0.2) is 11.8 Å². The number of hydrogen-bond donors (Lipinski definition) is 2. The van der Waals surface area contributed by atoms with Crippen LogP contribution in [-0.2, 0) is 20.0 Å². The molecule has 0 saturated carbocycles. The fourth-order valence-corrected chi connectivity index (χ4v) is 2.05. The number of benzene rings is 1. The van der Waals surface area contributed by atoms with Gasteiger partial charge in [0.2, 0.25) is 0 Å². The largest absolute Gasteiger partial charge is 0.357 e. The van der Waals surface area contributed by atoms with Crippen LogP contribution in [0.3, 0.4) is 0 Å². The summed E-state index contributed by atoms with van der Waals surface area (Å²) in [5.74, 6) is 2.56. The van der Waals surface area contributed by atoms with Crippen LogP contribution in [0, 0.1) is 6.92 Å². The monoisotopic (exact) mass is 300 g/mol. The molecule has 1 aromatic carbocycles. The number of hydrogen-bond acceptors (Lipinski definition) is 3. The molecule has 2 aromatic rings. The van der Waals surface area contributed by atoms with Gasteiger partial charge in [-0.1, -0.05) is 30.3 Å². The highest BCUT2D eigenvalue weighted by Crippen LogP contribution is 2.00. The highest BCUT2D eigenvalue weighted by molar-refractivity contribution is 5.79. The first kappa shape index (κ1) is 16.0. The van der Waals surface area contributed by atoms with E-state index in [4.69, 9.17) is 0 Å². The van der Waals surface area contributed by atoms with Crippen molar-refractivity contribution >= 4 is 5.96 Å². The molecule has 1 heterocycles. The smallest absolute Gasteiger partial charge is 0.191 e. The average molecular weight is 300 g/mol. The number of nitrogens with zero attached hydrogens (tertiary/aromatic N) is 4. The summed E-state index contributed by atoms with van der Waals surface area (Å²) in [6.07, 6.45) is 0.967. The van der Waals surface area contributed by atoms with E-state index in [1.54, 1.807) is 0 Å². The fraction of sp³-hybridized carbons (Fsp3) is 0.438. The fourth-order valence-electron chi connectivity index (χ4n) is 2.05. The van der Waals surface area contributed by atoms with Gasteiger partial charge in [0.1, 0.15) is 12.4 Å². The lowest BCUT2D eigenvalue weighted by Gasteiger charge is -2.11. The zero-order valence-electron chi connectivity index (χ0n) is 13.5. The van der Waals surface area contributed by atoms with Gasteiger partial charge in [0.05, 0.1) is 0 Å². The third kappa shape index (κ3) is 4.58. The molecule has 6 heteroatoms. The summed E-state index contributed by atoms with van der Waals surface area (Å²) in [6.45, 7) is 6.17. The van der Waals surface area contributed by atoms with E-state index in [2.05, 4.69) is 57.0 Å². The van der Waals surface area contributed by atoms with Crippen LogP contribution < -0.4 is 10.6 Å². The Morgan fingerprint density at radius 1 is 1.18 bits per heavy atom. The van der Waals surface area contributed by atoms with Crippen LogP contribution >= 0.6 is 0 Å². The van der Waals surface area contributed by atoms with Gasteiger partial charge in [0.25, 0.3) is 0 Å². The van der Waals surface area contributed by atoms with Crippen LogP contribution in [0.4, 0.5) is 0 Å². The first-order valence-electron chi connectivity index (χ1n) is 7.61. The van der Waals surface area contributed by atoms with E-state index in [0.29, 0.717) is 6.54 Å². The maximum atomic E-state index is 4.56. The number of rotatable bonds is 6. The van der Waals surface area contributed by atoms with E-state index in [1.165, 1.54) is 5.56 Å². The molecule has 0 aliphatic carbocycles. The summed E-state index contributed by atoms with van der Waals surface area (Å²) < 4.78 is 1.96. The van der Waals surface area contributed by atoms with Gasteiger partial charge < -0.3 is 15.2 Å². The van der Waals surface area contributed by atoms with E-state index in [9.17, 15) is 0 Å². The minimum absolute atomic E-state index is 0.512. The zero-order valence-corrected chi connectivity index (χ0v) is 13.5. The highest BCUT2D eigenvalue weighted by Gasteiger charge is 2.04. The highest BCUT2D eigenvalue weighted by atomic mass is 15.3. The Hall–Kier alpha value is -2.37. The molecule has 0 spiro atoms. The van der Waals surface area contributed by atoms with Crippen molar-refractivity contribution in [2.75, 3.05) is 13.1 Å². The van der Waals surface area contributed by atoms with Gasteiger partial charge in [0, 0.05) is 20.1 Å². The van der Waals surface area contributed by atoms with E-state index in [0.717, 1.165) is 37.1 Å². The van der Waals surface area contributed by atoms with Crippen LogP contribution in [-0.4, -0.2) is 33.8 Å². The van der Waals surface area contributed by atoms with Crippen molar-refractivity contribution < 1.29 is 0 Å². The topological polar surface area (TPSA) is 67.1 Å². The standard InChI is InChI=1S/C16H24N6/c1-4-17-16(18-11-10-14-8-6-5-7-9-14)19-12-15-21-20-13(2)22(15)3/h5-9H,4,10-12H2,1-3H3,(H2,17,18,19). The molecule has 6 nitrogen and oxygen atoms in total.